The van der Waals surface area contributed by atoms with Crippen molar-refractivity contribution >= 4 is 42.9 Å². The number of carbonyl (C=O) groups is 1. The molecule has 0 atom stereocenters. The molecule has 0 aliphatic heterocycles. The highest BCUT2D eigenvalue weighted by molar-refractivity contribution is 7.91. The van der Waals surface area contributed by atoms with Crippen LogP contribution in [0.4, 0.5) is 26.3 Å². The largest absolute Gasteiger partial charge is 0.461 e. The van der Waals surface area contributed by atoms with Crippen LogP contribution in [0.15, 0.2) is 168 Å². The summed E-state index contributed by atoms with van der Waals surface area (Å²) in [6.45, 7) is 1.70. The van der Waals surface area contributed by atoms with Crippen molar-refractivity contribution in [1.82, 2.24) is 19.1 Å². The number of hydrogen-bond acceptors (Lipinski definition) is 9. The lowest BCUT2D eigenvalue weighted by Gasteiger charge is -2.14. The van der Waals surface area contributed by atoms with Gasteiger partial charge in [0.1, 0.15) is 22.3 Å². The van der Waals surface area contributed by atoms with Crippen LogP contribution in [0.3, 0.4) is 0 Å². The third kappa shape index (κ3) is 11.4. The van der Waals surface area contributed by atoms with E-state index in [0.29, 0.717) is 28.1 Å². The first-order chi connectivity index (χ1) is 32.9. The summed E-state index contributed by atoms with van der Waals surface area (Å²) in [5.41, 5.74) is 7.52. The van der Waals surface area contributed by atoms with Gasteiger partial charge in [-0.25, -0.2) is 31.6 Å². The second-order valence-electron chi connectivity index (χ2n) is 15.5. The lowest BCUT2D eigenvalue weighted by Crippen LogP contribution is -2.10. The molecule has 11 nitrogen and oxygen atoms in total. The average Bonchev–Trinajstić information content (AvgIpc) is 3.98. The average molecular weight is 1020 g/mol. The van der Waals surface area contributed by atoms with Gasteiger partial charge in [-0.3, -0.25) is 9.13 Å². The molecule has 360 valence electrons. The summed E-state index contributed by atoms with van der Waals surface area (Å²) < 4.78 is 138. The minimum atomic E-state index is -4.63. The van der Waals surface area contributed by atoms with E-state index in [9.17, 15) is 48.0 Å². The highest BCUT2D eigenvalue weighted by Crippen LogP contribution is 2.39. The van der Waals surface area contributed by atoms with Crippen LogP contribution in [0.5, 0.6) is 0 Å². The van der Waals surface area contributed by atoms with Crippen molar-refractivity contribution in [1.29, 1.82) is 0 Å². The van der Waals surface area contributed by atoms with E-state index in [4.69, 9.17) is 22.7 Å². The van der Waals surface area contributed by atoms with Gasteiger partial charge < -0.3 is 10.5 Å². The summed E-state index contributed by atoms with van der Waals surface area (Å²) in [6.07, 6.45) is -4.13. The van der Waals surface area contributed by atoms with Gasteiger partial charge in [0.2, 0.25) is 0 Å². The molecule has 0 fully saturated rings. The number of esters is 1. The van der Waals surface area contributed by atoms with E-state index in [1.54, 1.807) is 91.9 Å². The quantitative estimate of drug-likeness (QED) is 0.0751. The lowest BCUT2D eigenvalue weighted by atomic mass is 10.0. The molecule has 6 aromatic carbocycles. The van der Waals surface area contributed by atoms with Crippen molar-refractivity contribution in [2.45, 2.75) is 29.1 Å². The summed E-state index contributed by atoms with van der Waals surface area (Å²) in [5, 5.41) is 0. The molecule has 2 aromatic heterocycles. The van der Waals surface area contributed by atoms with Crippen molar-refractivity contribution < 1.29 is 52.7 Å². The van der Waals surface area contributed by atoms with Gasteiger partial charge >= 0.3 is 18.3 Å². The molecule has 8 aromatic rings. The van der Waals surface area contributed by atoms with Crippen LogP contribution in [0.2, 0.25) is 0 Å². The van der Waals surface area contributed by atoms with Crippen LogP contribution in [0.25, 0.3) is 56.4 Å². The van der Waals surface area contributed by atoms with Gasteiger partial charge in [0.15, 0.2) is 25.4 Å². The molecule has 0 saturated heterocycles. The number of aromatic nitrogens is 4. The number of thiocarbonyl (C=S) groups is 1. The number of sulfone groups is 2. The van der Waals surface area contributed by atoms with E-state index in [1.165, 1.54) is 70.1 Å². The lowest BCUT2D eigenvalue weighted by molar-refractivity contribution is -0.137. The van der Waals surface area contributed by atoms with Crippen LogP contribution < -0.4 is 5.73 Å². The molecule has 0 spiro atoms. The van der Waals surface area contributed by atoms with Crippen molar-refractivity contribution in [2.75, 3.05) is 19.1 Å². The topological polar surface area (TPSA) is 156 Å². The van der Waals surface area contributed by atoms with Crippen LogP contribution in [-0.2, 0) is 36.8 Å². The minimum Gasteiger partial charge on any atom is -0.461 e. The van der Waals surface area contributed by atoms with E-state index in [2.05, 4.69) is 9.97 Å². The summed E-state index contributed by atoms with van der Waals surface area (Å²) in [6, 6.07) is 36.7. The maximum atomic E-state index is 13.7. The monoisotopic (exact) mass is 1020 g/mol. The fourth-order valence-corrected chi connectivity index (χ4v) is 8.68. The first kappa shape index (κ1) is 50.5. The SMILES string of the molecule is CCOC(=O)c1cn(-c2ccc(-c3cccc(S(C)(=O)=O)c3)cc2)c(-c2ccccc2C(F)(F)F)n1.CS(=O)(=O)c1cccc(-c2ccc(-n3cc(C(N)=S)nc3-c3ccccc3C(F)(F)F)cc2)c1. The van der Waals surface area contributed by atoms with Gasteiger partial charge in [-0.15, -0.1) is 0 Å². The summed E-state index contributed by atoms with van der Waals surface area (Å²) in [7, 11) is -6.77. The minimum absolute atomic E-state index is 0.0429. The van der Waals surface area contributed by atoms with Gasteiger partial charge in [-0.05, 0) is 89.8 Å². The highest BCUT2D eigenvalue weighted by Gasteiger charge is 2.36. The Kier molecular flexibility index (Phi) is 14.3. The predicted octanol–water partition coefficient (Wildman–Crippen LogP) is 11.1. The Balaban J connectivity index is 0.000000207. The maximum absolute atomic E-state index is 13.7. The number of rotatable bonds is 11. The Bertz CT molecular complexity index is 3480. The molecule has 0 radical (unpaired) electrons. The zero-order valence-corrected chi connectivity index (χ0v) is 39.5. The van der Waals surface area contributed by atoms with E-state index < -0.39 is 49.1 Å². The Morgan fingerprint density at radius 2 is 0.957 bits per heavy atom. The molecule has 0 bridgehead atoms. The second-order valence-corrected chi connectivity index (χ2v) is 20.0. The third-order valence-corrected chi connectivity index (χ3v) is 13.0. The van der Waals surface area contributed by atoms with Gasteiger partial charge in [-0.2, -0.15) is 26.3 Å². The smallest absolute Gasteiger partial charge is 0.417 e. The summed E-state index contributed by atoms with van der Waals surface area (Å²) in [4.78, 5) is 21.1. The summed E-state index contributed by atoms with van der Waals surface area (Å²) >= 11 is 5.00. The number of carbonyl (C=O) groups excluding carboxylic acids is 1. The molecule has 0 saturated carbocycles. The van der Waals surface area contributed by atoms with E-state index >= 15 is 0 Å². The molecular weight excluding hydrogens is 977 g/mol. The van der Waals surface area contributed by atoms with Crippen LogP contribution in [-0.4, -0.2) is 66.0 Å². The number of benzene rings is 6. The zero-order valence-electron chi connectivity index (χ0n) is 37.0. The Morgan fingerprint density at radius 3 is 1.33 bits per heavy atom. The van der Waals surface area contributed by atoms with Crippen molar-refractivity contribution in [3.8, 4) is 56.4 Å². The Hall–Kier alpha value is -7.42. The standard InChI is InChI=1S/C26H21F3N2O4S.C24H18F3N3O2S2/c1-3-35-25(32)23-16-31(24(30-23)21-9-4-5-10-22(21)26(27,28)29)19-13-11-17(12-14-19)18-7-6-8-20(15-18)36(2,33)34;1-34(31,32)18-6-4-5-16(13-18)15-9-11-17(12-10-15)30-14-21(22(28)33)29-23(30)19-7-2-3-8-20(19)24(25,26)27/h4-16H,3H2,1-2H3;2-14H,1H3,(H2,28,33). The fraction of sp³-hybridized carbons (Fsp3) is 0.120. The van der Waals surface area contributed by atoms with E-state index in [1.807, 2.05) is 0 Å². The molecular formula is C50H39F6N5O6S3. The molecule has 0 aliphatic carbocycles. The number of imidazole rings is 2. The number of nitrogens with two attached hydrogens (primary N) is 1. The molecule has 8 rings (SSSR count). The van der Waals surface area contributed by atoms with Gasteiger partial charge in [0.05, 0.1) is 27.5 Å². The fourth-order valence-electron chi connectivity index (χ4n) is 7.25. The number of hydrogen-bond donors (Lipinski definition) is 1. The molecule has 0 amide bonds. The molecule has 70 heavy (non-hydrogen) atoms. The zero-order chi connectivity index (χ0) is 50.8. The second kappa shape index (κ2) is 19.9. The third-order valence-electron chi connectivity index (χ3n) is 10.6. The van der Waals surface area contributed by atoms with Crippen molar-refractivity contribution in [2.24, 2.45) is 5.73 Å². The van der Waals surface area contributed by atoms with Gasteiger partial charge in [-0.1, -0.05) is 97.1 Å². The number of ether oxygens (including phenoxy) is 1. The first-order valence-electron chi connectivity index (χ1n) is 20.7. The van der Waals surface area contributed by atoms with Gasteiger partial charge in [0.25, 0.3) is 0 Å². The Morgan fingerprint density at radius 1 is 0.571 bits per heavy atom. The van der Waals surface area contributed by atoms with E-state index in [0.717, 1.165) is 30.2 Å². The number of nitrogens with zero attached hydrogens (tertiary/aromatic N) is 4. The Labute approximate surface area is 403 Å². The molecule has 0 unspecified atom stereocenters. The predicted molar refractivity (Wildman–Crippen MR) is 257 cm³/mol. The highest BCUT2D eigenvalue weighted by atomic mass is 32.2. The summed E-state index contributed by atoms with van der Waals surface area (Å²) in [5.74, 6) is -0.781. The van der Waals surface area contributed by atoms with E-state index in [-0.39, 0.29) is 55.5 Å². The van der Waals surface area contributed by atoms with Crippen LogP contribution >= 0.6 is 12.2 Å². The van der Waals surface area contributed by atoms with Crippen LogP contribution in [0.1, 0.15) is 34.2 Å². The van der Waals surface area contributed by atoms with Gasteiger partial charge in [0, 0.05) is 47.4 Å². The number of halogens is 6. The molecule has 0 aliphatic rings. The normalized spacial score (nSPS) is 12.0. The van der Waals surface area contributed by atoms with Crippen molar-refractivity contribution in [3.05, 3.63) is 181 Å². The number of alkyl halides is 6. The molecule has 2 N–H and O–H groups in total. The van der Waals surface area contributed by atoms with Crippen molar-refractivity contribution in [3.63, 3.8) is 0 Å². The maximum Gasteiger partial charge on any atom is 0.417 e. The first-order valence-corrected chi connectivity index (χ1v) is 24.9. The molecule has 20 heteroatoms. The molecule has 2 heterocycles. The van der Waals surface area contributed by atoms with Crippen LogP contribution in [0, 0.1) is 0 Å².